The molecule has 0 bridgehead atoms. The van der Waals surface area contributed by atoms with Gasteiger partial charge in [-0.15, -0.1) is 0 Å². The van der Waals surface area contributed by atoms with E-state index in [1.807, 2.05) is 0 Å². The van der Waals surface area contributed by atoms with Gasteiger partial charge in [-0.3, -0.25) is 0 Å². The van der Waals surface area contributed by atoms with Crippen LogP contribution in [0.25, 0.3) is 0 Å². The molecule has 7 heavy (non-hydrogen) atoms. The number of hydrogen-bond donors (Lipinski definition) is 1. The van der Waals surface area contributed by atoms with E-state index in [0.717, 1.165) is 0 Å². The average Bonchev–Trinajstić information content (AvgIpc) is 1.68. The van der Waals surface area contributed by atoms with Crippen molar-refractivity contribution in [2.24, 2.45) is 0 Å². The summed E-state index contributed by atoms with van der Waals surface area (Å²) in [7, 11) is 0.557. The van der Waals surface area contributed by atoms with Gasteiger partial charge in [-0.2, -0.15) is 0 Å². The fourth-order valence-corrected chi connectivity index (χ4v) is 0.588. The van der Waals surface area contributed by atoms with Crippen molar-refractivity contribution in [3.05, 3.63) is 0 Å². The quantitative estimate of drug-likeness (QED) is 0.372. The summed E-state index contributed by atoms with van der Waals surface area (Å²) in [5.41, 5.74) is 0.150. The van der Waals surface area contributed by atoms with Crippen molar-refractivity contribution in [3.8, 4) is 0 Å². The van der Waals surface area contributed by atoms with Crippen LogP contribution in [0, 0.1) is 5.41 Å². The molecule has 0 aromatic rings. The Morgan fingerprint density at radius 3 is 2.57 bits per heavy atom. The molecule has 0 spiro atoms. The summed E-state index contributed by atoms with van der Waals surface area (Å²) in [6, 6.07) is 0. The monoisotopic (exact) mass is 161 g/mol. The van der Waals surface area contributed by atoms with Crippen molar-refractivity contribution < 1.29 is 4.70 Å². The van der Waals surface area contributed by atoms with Crippen molar-refractivity contribution in [1.29, 1.82) is 5.41 Å². The van der Waals surface area contributed by atoms with Crippen molar-refractivity contribution in [2.45, 2.75) is 6.42 Å². The summed E-state index contributed by atoms with van der Waals surface area (Å²) in [5, 5.41) is 7.44. The topological polar surface area (TPSA) is 40.9 Å². The summed E-state index contributed by atoms with van der Waals surface area (Å²) in [5.74, 6) is 0. The van der Waals surface area contributed by atoms with E-state index in [4.69, 9.17) is 5.41 Å². The Morgan fingerprint density at radius 1 is 1.86 bits per heavy atom. The third-order valence-corrected chi connectivity index (χ3v) is 0.903. The molecular weight excluding hydrogens is 157 g/mol. The van der Waals surface area contributed by atoms with Crippen LogP contribution in [0.4, 0.5) is 0 Å². The average molecular weight is 162 g/mol. The SMILES string of the molecule is N=C(B=O)CCBr. The molecule has 1 N–H and O–H groups in total. The Morgan fingerprint density at radius 2 is 2.43 bits per heavy atom. The molecule has 0 aromatic carbocycles. The van der Waals surface area contributed by atoms with E-state index in [2.05, 4.69) is 15.9 Å². The molecule has 0 atom stereocenters. The van der Waals surface area contributed by atoms with Gasteiger partial charge in [0.15, 0.2) is 0 Å². The Balaban J connectivity index is 3.17. The molecule has 0 radical (unpaired) electrons. The molecule has 0 heterocycles. The molecule has 2 nitrogen and oxygen atoms in total. The molecule has 0 aliphatic rings. The molecule has 0 aliphatic heterocycles. The van der Waals surface area contributed by atoms with Crippen LogP contribution in [0.2, 0.25) is 0 Å². The third kappa shape index (κ3) is 3.86. The molecule has 0 saturated heterocycles. The van der Waals surface area contributed by atoms with Gasteiger partial charge >= 0.3 is 50.6 Å². The number of nitrogens with one attached hydrogen (secondary N) is 1. The second-order valence-electron chi connectivity index (χ2n) is 1.08. The fourth-order valence-electron chi connectivity index (χ4n) is 0.161. The first kappa shape index (κ1) is 7.01. The van der Waals surface area contributed by atoms with Gasteiger partial charge < -0.3 is 0 Å². The molecular formula is C3H5BBrNO. The van der Waals surface area contributed by atoms with Crippen LogP contribution in [0.15, 0.2) is 0 Å². The minimum atomic E-state index is 0.150. The van der Waals surface area contributed by atoms with E-state index >= 15 is 0 Å². The summed E-state index contributed by atoms with van der Waals surface area (Å²) in [6.07, 6.45) is 0.531. The summed E-state index contributed by atoms with van der Waals surface area (Å²) in [6.45, 7) is 0. The van der Waals surface area contributed by atoms with E-state index in [0.29, 0.717) is 18.9 Å². The van der Waals surface area contributed by atoms with Crippen molar-refractivity contribution in [3.63, 3.8) is 0 Å². The zero-order valence-corrected chi connectivity index (χ0v) is 5.36. The van der Waals surface area contributed by atoms with Gasteiger partial charge in [0.05, 0.1) is 0 Å². The number of rotatable bonds is 3. The van der Waals surface area contributed by atoms with Crippen LogP contribution >= 0.6 is 15.9 Å². The van der Waals surface area contributed by atoms with Crippen molar-refractivity contribution in [2.75, 3.05) is 5.33 Å². The van der Waals surface area contributed by atoms with Gasteiger partial charge in [0, 0.05) is 0 Å². The minimum absolute atomic E-state index is 0.150. The van der Waals surface area contributed by atoms with Crippen LogP contribution in [0.3, 0.4) is 0 Å². The van der Waals surface area contributed by atoms with Crippen LogP contribution in [-0.4, -0.2) is 18.1 Å². The summed E-state index contributed by atoms with van der Waals surface area (Å²) in [4.78, 5) is 0. The second-order valence-corrected chi connectivity index (χ2v) is 1.88. The van der Waals surface area contributed by atoms with Gasteiger partial charge in [-0.05, 0) is 0 Å². The van der Waals surface area contributed by atoms with Crippen molar-refractivity contribution >= 4 is 28.7 Å². The molecule has 38 valence electrons. The number of alkyl halides is 1. The molecule has 0 rings (SSSR count). The van der Waals surface area contributed by atoms with Crippen LogP contribution in [0.5, 0.6) is 0 Å². The number of hydrogen-bond acceptors (Lipinski definition) is 2. The molecule has 0 saturated carbocycles. The third-order valence-electron chi connectivity index (χ3n) is 0.506. The fraction of sp³-hybridized carbons (Fsp3) is 0.667. The predicted molar refractivity (Wildman–Crippen MR) is 32.6 cm³/mol. The zero-order valence-electron chi connectivity index (χ0n) is 3.78. The predicted octanol–water partition coefficient (Wildman–Crippen LogP) is 0.798. The molecule has 0 amide bonds. The van der Waals surface area contributed by atoms with E-state index in [-0.39, 0.29) is 5.61 Å². The van der Waals surface area contributed by atoms with Crippen LogP contribution in [-0.2, 0) is 4.70 Å². The van der Waals surface area contributed by atoms with Gasteiger partial charge in [-0.25, -0.2) is 0 Å². The van der Waals surface area contributed by atoms with Gasteiger partial charge in [0.1, 0.15) is 0 Å². The Hall–Kier alpha value is 0.0149. The standard InChI is InChI=1S/C3H5BBrNO/c5-2-1-3(6)4-7/h6H,1-2H2. The summed E-state index contributed by atoms with van der Waals surface area (Å²) >= 11 is 3.09. The first-order chi connectivity index (χ1) is 3.31. The summed E-state index contributed by atoms with van der Waals surface area (Å²) < 4.78 is 9.65. The van der Waals surface area contributed by atoms with Gasteiger partial charge in [0.2, 0.25) is 0 Å². The van der Waals surface area contributed by atoms with E-state index in [9.17, 15) is 4.70 Å². The Labute approximate surface area is 51.2 Å². The maximum atomic E-state index is 9.65. The van der Waals surface area contributed by atoms with Gasteiger partial charge in [-0.1, -0.05) is 0 Å². The van der Waals surface area contributed by atoms with E-state index < -0.39 is 0 Å². The zero-order chi connectivity index (χ0) is 5.70. The Kier molecular flexibility index (Phi) is 4.19. The maximum absolute atomic E-state index is 9.65. The van der Waals surface area contributed by atoms with Crippen LogP contribution < -0.4 is 0 Å². The molecule has 0 fully saturated rings. The Bertz CT molecular complexity index is 85.0. The van der Waals surface area contributed by atoms with Crippen molar-refractivity contribution in [1.82, 2.24) is 0 Å². The molecule has 0 unspecified atom stereocenters. The molecule has 0 aliphatic carbocycles. The first-order valence-electron chi connectivity index (χ1n) is 1.90. The second kappa shape index (κ2) is 4.18. The first-order valence-corrected chi connectivity index (χ1v) is 3.02. The molecule has 4 heteroatoms. The van der Waals surface area contributed by atoms with E-state index in [1.54, 1.807) is 0 Å². The normalized spacial score (nSPS) is 7.57. The number of halogens is 1. The van der Waals surface area contributed by atoms with E-state index in [1.165, 1.54) is 0 Å². The van der Waals surface area contributed by atoms with Gasteiger partial charge in [0.25, 0.3) is 0 Å². The van der Waals surface area contributed by atoms with Crippen LogP contribution in [0.1, 0.15) is 6.42 Å². The molecule has 0 aromatic heterocycles.